The van der Waals surface area contributed by atoms with Crippen LogP contribution in [0.1, 0.15) is 29.1 Å². The molecule has 0 radical (unpaired) electrons. The predicted octanol–water partition coefficient (Wildman–Crippen LogP) is 0.683. The van der Waals surface area contributed by atoms with Crippen molar-refractivity contribution in [3.8, 4) is 0 Å². The lowest BCUT2D eigenvalue weighted by Crippen LogP contribution is -2.40. The van der Waals surface area contributed by atoms with Crippen molar-refractivity contribution in [2.75, 3.05) is 26.3 Å². The third-order valence-electron chi connectivity index (χ3n) is 4.70. The number of ether oxygens (including phenoxy) is 1. The molecule has 4 heterocycles. The van der Waals surface area contributed by atoms with Crippen molar-refractivity contribution in [1.82, 2.24) is 15.2 Å². The molecule has 0 aromatic carbocycles. The van der Waals surface area contributed by atoms with Gasteiger partial charge in [0.15, 0.2) is 10.5 Å². The molecule has 0 bridgehead atoms. The maximum absolute atomic E-state index is 12.3. The van der Waals surface area contributed by atoms with Gasteiger partial charge in [0.1, 0.15) is 5.84 Å². The summed E-state index contributed by atoms with van der Waals surface area (Å²) in [6.07, 6.45) is 3.93. The van der Waals surface area contributed by atoms with Crippen molar-refractivity contribution in [1.29, 1.82) is 0 Å². The van der Waals surface area contributed by atoms with E-state index in [1.54, 1.807) is 6.20 Å². The molecule has 0 aliphatic carbocycles. The van der Waals surface area contributed by atoms with Gasteiger partial charge in [0.2, 0.25) is 0 Å². The van der Waals surface area contributed by atoms with Crippen molar-refractivity contribution >= 4 is 29.0 Å². The standard InChI is InChI=1S/C15H18N4O3S/c20-13(12-16-3-6-23-12)19-4-1-10(8-19)7-11-17-14(21)15(18-11)2-5-22-9-15/h3,6,10H,1-2,4-5,7-9H2,(H,17,18,21)/t10-,15?/m1/s1. The number of amidine groups is 1. The van der Waals surface area contributed by atoms with Gasteiger partial charge in [-0.2, -0.15) is 0 Å². The van der Waals surface area contributed by atoms with Crippen LogP contribution < -0.4 is 5.32 Å². The lowest BCUT2D eigenvalue weighted by molar-refractivity contribution is -0.123. The van der Waals surface area contributed by atoms with Gasteiger partial charge in [-0.3, -0.25) is 14.6 Å². The smallest absolute Gasteiger partial charge is 0.282 e. The molecule has 23 heavy (non-hydrogen) atoms. The van der Waals surface area contributed by atoms with E-state index in [9.17, 15) is 9.59 Å². The number of aromatic nitrogens is 1. The molecule has 3 aliphatic heterocycles. The molecule has 122 valence electrons. The quantitative estimate of drug-likeness (QED) is 0.881. The Hall–Kier alpha value is -1.80. The van der Waals surface area contributed by atoms with E-state index in [0.717, 1.165) is 18.8 Å². The van der Waals surface area contributed by atoms with Gasteiger partial charge in [0, 0.05) is 44.1 Å². The van der Waals surface area contributed by atoms with Crippen molar-refractivity contribution in [3.63, 3.8) is 0 Å². The number of hydrogen-bond donors (Lipinski definition) is 1. The van der Waals surface area contributed by atoms with E-state index in [4.69, 9.17) is 4.74 Å². The highest BCUT2D eigenvalue weighted by molar-refractivity contribution is 7.11. The topological polar surface area (TPSA) is 83.9 Å². The van der Waals surface area contributed by atoms with Crippen LogP contribution in [0.15, 0.2) is 16.6 Å². The Balaban J connectivity index is 1.38. The summed E-state index contributed by atoms with van der Waals surface area (Å²) in [5.74, 6) is 1.03. The molecule has 0 saturated carbocycles. The first-order chi connectivity index (χ1) is 11.2. The number of carbonyl (C=O) groups is 2. The van der Waals surface area contributed by atoms with Crippen LogP contribution in [0.3, 0.4) is 0 Å². The van der Waals surface area contributed by atoms with Crippen LogP contribution in [0.4, 0.5) is 0 Å². The first kappa shape index (κ1) is 14.8. The van der Waals surface area contributed by atoms with E-state index in [1.807, 2.05) is 10.3 Å². The summed E-state index contributed by atoms with van der Waals surface area (Å²) in [5, 5.41) is 5.26. The summed E-state index contributed by atoms with van der Waals surface area (Å²) in [5.41, 5.74) is -0.690. The molecule has 2 atom stereocenters. The highest BCUT2D eigenvalue weighted by Crippen LogP contribution is 2.29. The first-order valence-electron chi connectivity index (χ1n) is 7.83. The third-order valence-corrected chi connectivity index (χ3v) is 5.46. The number of likely N-dealkylation sites (tertiary alicyclic amines) is 1. The minimum atomic E-state index is -0.690. The van der Waals surface area contributed by atoms with Gasteiger partial charge < -0.3 is 15.0 Å². The zero-order valence-corrected chi connectivity index (χ0v) is 13.5. The Labute approximate surface area is 137 Å². The molecule has 1 spiro atoms. The zero-order valence-electron chi connectivity index (χ0n) is 12.7. The maximum atomic E-state index is 12.3. The van der Waals surface area contributed by atoms with E-state index >= 15 is 0 Å². The SMILES string of the molecule is O=C(c1nccs1)N1CC[C@H](CC2=NC3(CCOC3)C(=O)N2)C1. The minimum Gasteiger partial charge on any atom is -0.378 e. The van der Waals surface area contributed by atoms with Crippen LogP contribution >= 0.6 is 11.3 Å². The van der Waals surface area contributed by atoms with Crippen LogP contribution in [0.25, 0.3) is 0 Å². The van der Waals surface area contributed by atoms with Gasteiger partial charge in [-0.05, 0) is 12.3 Å². The average Bonchev–Trinajstić information content (AvgIpc) is 3.31. The molecule has 2 saturated heterocycles. The van der Waals surface area contributed by atoms with Crippen LogP contribution in [0, 0.1) is 5.92 Å². The van der Waals surface area contributed by atoms with Crippen LogP contribution in [-0.2, 0) is 9.53 Å². The summed E-state index contributed by atoms with van der Waals surface area (Å²) in [4.78, 5) is 35.0. The predicted molar refractivity (Wildman–Crippen MR) is 84.5 cm³/mol. The normalized spacial score (nSPS) is 30.1. The summed E-state index contributed by atoms with van der Waals surface area (Å²) >= 11 is 1.37. The van der Waals surface area contributed by atoms with Crippen LogP contribution in [-0.4, -0.2) is 59.4 Å². The third kappa shape index (κ3) is 2.66. The first-order valence-corrected chi connectivity index (χ1v) is 8.71. The molecule has 1 aromatic heterocycles. The molecular weight excluding hydrogens is 316 g/mol. The second kappa shape index (κ2) is 5.68. The second-order valence-corrected chi connectivity index (χ2v) is 7.19. The number of nitrogens with one attached hydrogen (secondary N) is 1. The molecule has 7 nitrogen and oxygen atoms in total. The van der Waals surface area contributed by atoms with E-state index in [2.05, 4.69) is 15.3 Å². The lowest BCUT2D eigenvalue weighted by atomic mass is 10.0. The van der Waals surface area contributed by atoms with Crippen molar-refractivity contribution < 1.29 is 14.3 Å². The van der Waals surface area contributed by atoms with Gasteiger partial charge in [-0.1, -0.05) is 0 Å². The molecule has 3 aliphatic rings. The highest BCUT2D eigenvalue weighted by Gasteiger charge is 2.47. The Morgan fingerprint density at radius 3 is 3.22 bits per heavy atom. The van der Waals surface area contributed by atoms with Crippen molar-refractivity contribution in [3.05, 3.63) is 16.6 Å². The fourth-order valence-corrected chi connectivity index (χ4v) is 4.03. The van der Waals surface area contributed by atoms with Crippen molar-refractivity contribution in [2.24, 2.45) is 10.9 Å². The number of aliphatic imine (C=N–C) groups is 1. The molecular formula is C15H18N4O3S. The van der Waals surface area contributed by atoms with E-state index in [-0.39, 0.29) is 11.8 Å². The van der Waals surface area contributed by atoms with Gasteiger partial charge in [-0.25, -0.2) is 4.98 Å². The Morgan fingerprint density at radius 2 is 2.48 bits per heavy atom. The molecule has 8 heteroatoms. The number of carbonyl (C=O) groups excluding carboxylic acids is 2. The number of thiazole rings is 1. The molecule has 1 aromatic rings. The number of nitrogens with zero attached hydrogens (tertiary/aromatic N) is 3. The molecule has 1 N–H and O–H groups in total. The fraction of sp³-hybridized carbons (Fsp3) is 0.600. The van der Waals surface area contributed by atoms with Crippen LogP contribution in [0.5, 0.6) is 0 Å². The molecule has 1 unspecified atom stereocenters. The summed E-state index contributed by atoms with van der Waals surface area (Å²) in [6, 6.07) is 0. The summed E-state index contributed by atoms with van der Waals surface area (Å²) in [6.45, 7) is 2.39. The van der Waals surface area contributed by atoms with Crippen LogP contribution in [0.2, 0.25) is 0 Å². The largest absolute Gasteiger partial charge is 0.378 e. The zero-order chi connectivity index (χ0) is 15.9. The van der Waals surface area contributed by atoms with Gasteiger partial charge in [0.05, 0.1) is 6.61 Å². The van der Waals surface area contributed by atoms with Gasteiger partial charge >= 0.3 is 0 Å². The highest BCUT2D eigenvalue weighted by atomic mass is 32.1. The van der Waals surface area contributed by atoms with E-state index in [0.29, 0.717) is 43.5 Å². The number of hydrogen-bond acceptors (Lipinski definition) is 6. The van der Waals surface area contributed by atoms with Gasteiger partial charge in [0.25, 0.3) is 11.8 Å². The average molecular weight is 334 g/mol. The monoisotopic (exact) mass is 334 g/mol. The second-order valence-electron chi connectivity index (χ2n) is 6.29. The number of rotatable bonds is 3. The van der Waals surface area contributed by atoms with Gasteiger partial charge in [-0.15, -0.1) is 11.3 Å². The Bertz CT molecular complexity index is 652. The van der Waals surface area contributed by atoms with Crippen molar-refractivity contribution in [2.45, 2.75) is 24.8 Å². The lowest BCUT2D eigenvalue weighted by Gasteiger charge is -2.14. The van der Waals surface area contributed by atoms with E-state index < -0.39 is 5.54 Å². The molecule has 2 amide bonds. The molecule has 2 fully saturated rings. The molecule has 4 rings (SSSR count). The Kier molecular flexibility index (Phi) is 3.65. The van der Waals surface area contributed by atoms with E-state index in [1.165, 1.54) is 11.3 Å². The summed E-state index contributed by atoms with van der Waals surface area (Å²) in [7, 11) is 0. The maximum Gasteiger partial charge on any atom is 0.282 e. The Morgan fingerprint density at radius 1 is 1.57 bits per heavy atom. The fourth-order valence-electron chi connectivity index (χ4n) is 3.42. The minimum absolute atomic E-state index is 0.000518. The number of amides is 2. The summed E-state index contributed by atoms with van der Waals surface area (Å²) < 4.78 is 5.33.